The number of likely N-dealkylation sites (tertiary alicyclic amines) is 1. The van der Waals surface area contributed by atoms with Gasteiger partial charge < -0.3 is 28.8 Å². The molecule has 1 fully saturated rings. The quantitative estimate of drug-likeness (QED) is 0.1000. The fourth-order valence-electron chi connectivity index (χ4n) is 5.59. The van der Waals surface area contributed by atoms with Crippen LogP contribution in [0.5, 0.6) is 0 Å². The minimum Gasteiger partial charge on any atom is -0.480 e. The fourth-order valence-corrected chi connectivity index (χ4v) is 5.59. The summed E-state index contributed by atoms with van der Waals surface area (Å²) in [5.41, 5.74) is -1.19. The summed E-state index contributed by atoms with van der Waals surface area (Å²) >= 11 is 0. The van der Waals surface area contributed by atoms with Crippen molar-refractivity contribution >= 4 is 35.7 Å². The Kier molecular flexibility index (Phi) is 16.2. The van der Waals surface area contributed by atoms with E-state index < -0.39 is 71.0 Å². The van der Waals surface area contributed by atoms with Crippen LogP contribution in [-0.2, 0) is 49.3 Å². The molecule has 1 saturated heterocycles. The van der Waals surface area contributed by atoms with Crippen LogP contribution in [0.15, 0.2) is 24.3 Å². The van der Waals surface area contributed by atoms with E-state index in [2.05, 4.69) is 0 Å². The fraction of sp³-hybridized carbons (Fsp3) is 0.676. The highest BCUT2D eigenvalue weighted by atomic mass is 16.7. The third-order valence-corrected chi connectivity index (χ3v) is 7.59. The summed E-state index contributed by atoms with van der Waals surface area (Å²) in [6, 6.07) is 4.14. The molecule has 2 rings (SSSR count). The summed E-state index contributed by atoms with van der Waals surface area (Å²) < 4.78 is 26.5. The van der Waals surface area contributed by atoms with E-state index in [0.29, 0.717) is 18.4 Å². The molecule has 0 amide bonds. The Bertz CT molecular complexity index is 1360. The number of methoxy groups -OCH3 is 1. The number of carboxylic acid groups (broad SMARTS) is 1. The molecule has 1 aromatic carbocycles. The van der Waals surface area contributed by atoms with E-state index in [1.807, 2.05) is 0 Å². The third kappa shape index (κ3) is 15.6. The van der Waals surface area contributed by atoms with Crippen LogP contribution in [0.25, 0.3) is 0 Å². The summed E-state index contributed by atoms with van der Waals surface area (Å²) in [7, 11) is 1.21. The number of rotatable bonds is 18. The number of carboxylic acids is 1. The zero-order valence-electron chi connectivity index (χ0n) is 30.7. The van der Waals surface area contributed by atoms with Crippen molar-refractivity contribution in [3.63, 3.8) is 0 Å². The summed E-state index contributed by atoms with van der Waals surface area (Å²) in [6.45, 7) is 11.2. The van der Waals surface area contributed by atoms with Gasteiger partial charge in [-0.1, -0.05) is 12.1 Å². The molecular formula is C34H52N4O13. The molecule has 3 atom stereocenters. The van der Waals surface area contributed by atoms with Gasteiger partial charge in [-0.05, 0) is 66.9 Å². The normalized spacial score (nSPS) is 17.1. The van der Waals surface area contributed by atoms with Crippen LogP contribution in [0.2, 0.25) is 0 Å². The first-order valence-corrected chi connectivity index (χ1v) is 16.7. The molecule has 1 aliphatic rings. The van der Waals surface area contributed by atoms with Gasteiger partial charge >= 0.3 is 30.0 Å². The first-order chi connectivity index (χ1) is 23.7. The molecule has 51 heavy (non-hydrogen) atoms. The average molecular weight is 725 g/mol. The maximum atomic E-state index is 13.2. The Morgan fingerprint density at radius 2 is 1.55 bits per heavy atom. The van der Waals surface area contributed by atoms with Gasteiger partial charge in [-0.25, -0.2) is 4.79 Å². The van der Waals surface area contributed by atoms with Crippen molar-refractivity contribution in [2.45, 2.75) is 97.2 Å². The Balaban J connectivity index is 2.45. The van der Waals surface area contributed by atoms with Crippen LogP contribution < -0.4 is 0 Å². The van der Waals surface area contributed by atoms with Gasteiger partial charge in [0.05, 0.1) is 38.3 Å². The minimum absolute atomic E-state index is 0.0292. The lowest BCUT2D eigenvalue weighted by molar-refractivity contribution is -0.384. The molecule has 1 aliphatic heterocycles. The lowest BCUT2D eigenvalue weighted by Gasteiger charge is -2.35. The van der Waals surface area contributed by atoms with Gasteiger partial charge in [0.2, 0.25) is 0 Å². The second-order valence-electron chi connectivity index (χ2n) is 14.1. The van der Waals surface area contributed by atoms with Crippen LogP contribution in [0.4, 0.5) is 10.5 Å². The Morgan fingerprint density at radius 1 is 0.961 bits per heavy atom. The Labute approximate surface area is 298 Å². The third-order valence-electron chi connectivity index (χ3n) is 7.59. The number of benzene rings is 1. The number of esters is 3. The number of nitro groups is 1. The Morgan fingerprint density at radius 3 is 2.06 bits per heavy atom. The number of nitrogens with zero attached hydrogens (tertiary/aromatic N) is 4. The molecule has 0 unspecified atom stereocenters. The van der Waals surface area contributed by atoms with E-state index in [1.165, 1.54) is 36.3 Å². The van der Waals surface area contributed by atoms with Gasteiger partial charge in [0.1, 0.15) is 17.2 Å². The molecule has 0 aliphatic carbocycles. The van der Waals surface area contributed by atoms with E-state index in [1.54, 1.807) is 58.3 Å². The number of carbonyl (C=O) groups is 5. The highest BCUT2D eigenvalue weighted by Crippen LogP contribution is 2.26. The van der Waals surface area contributed by atoms with Crippen LogP contribution in [-0.4, -0.2) is 137 Å². The average Bonchev–Trinajstić information content (AvgIpc) is 3.35. The van der Waals surface area contributed by atoms with Crippen LogP contribution in [0.1, 0.15) is 66.9 Å². The van der Waals surface area contributed by atoms with E-state index in [-0.39, 0.29) is 51.4 Å². The van der Waals surface area contributed by atoms with E-state index in [0.717, 1.165) is 0 Å². The molecule has 17 nitrogen and oxygen atoms in total. The molecular weight excluding hydrogens is 672 g/mol. The lowest BCUT2D eigenvalue weighted by Crippen LogP contribution is -2.52. The second kappa shape index (κ2) is 19.3. The van der Waals surface area contributed by atoms with Gasteiger partial charge in [0, 0.05) is 44.2 Å². The first kappa shape index (κ1) is 42.8. The molecule has 1 heterocycles. The molecule has 17 heteroatoms. The molecule has 286 valence electrons. The summed E-state index contributed by atoms with van der Waals surface area (Å²) in [5.74, 6) is -2.99. The highest BCUT2D eigenvalue weighted by Gasteiger charge is 2.39. The molecule has 0 aromatic heterocycles. The molecule has 1 N–H and O–H groups in total. The number of carbonyl (C=O) groups excluding carboxylic acids is 4. The number of non-ortho nitro benzene ring substituents is 1. The number of nitro benzene ring substituents is 1. The maximum absolute atomic E-state index is 13.2. The van der Waals surface area contributed by atoms with Crippen LogP contribution in [0, 0.1) is 10.1 Å². The first-order valence-electron chi connectivity index (χ1n) is 16.7. The van der Waals surface area contributed by atoms with Crippen molar-refractivity contribution in [1.29, 1.82) is 0 Å². The predicted octanol–water partition coefficient (Wildman–Crippen LogP) is 3.01. The van der Waals surface area contributed by atoms with Crippen molar-refractivity contribution in [2.75, 3.05) is 53.0 Å². The van der Waals surface area contributed by atoms with Gasteiger partial charge in [-0.3, -0.25) is 44.0 Å². The summed E-state index contributed by atoms with van der Waals surface area (Å²) in [4.78, 5) is 78.9. The molecule has 0 bridgehead atoms. The number of aliphatic carboxylic acids is 1. The molecule has 0 spiro atoms. The molecule has 0 saturated carbocycles. The van der Waals surface area contributed by atoms with Crippen molar-refractivity contribution in [3.8, 4) is 0 Å². The van der Waals surface area contributed by atoms with E-state index in [4.69, 9.17) is 23.7 Å². The minimum atomic E-state index is -1.14. The largest absolute Gasteiger partial charge is 0.509 e. The van der Waals surface area contributed by atoms with E-state index in [9.17, 15) is 39.2 Å². The number of hydrogen-bond donors (Lipinski definition) is 1. The van der Waals surface area contributed by atoms with Crippen LogP contribution in [0.3, 0.4) is 0 Å². The smallest absolute Gasteiger partial charge is 0.480 e. The standard InChI is InChI=1S/C34H52N4O13/c1-9-48-32(44)49-27-15-14-25(37(27)20-28(39)40)19-35(21-29(41)50-33(2,3)4)16-17-36(22-30(42)51-34(5,6)7)26(31(43)47-8)18-23-10-12-24(13-11-23)38(45)46/h10-13,25-27H,9,14-22H2,1-8H3,(H,39,40)/t25-,26+,27+/m0/s1. The second-order valence-corrected chi connectivity index (χ2v) is 14.1. The van der Waals surface area contributed by atoms with Crippen molar-refractivity contribution < 1.29 is 57.7 Å². The zero-order valence-corrected chi connectivity index (χ0v) is 30.7. The topological polar surface area (TPSA) is 205 Å². The van der Waals surface area contributed by atoms with Crippen molar-refractivity contribution in [2.24, 2.45) is 0 Å². The van der Waals surface area contributed by atoms with E-state index >= 15 is 0 Å². The molecule has 0 radical (unpaired) electrons. The lowest BCUT2D eigenvalue weighted by atomic mass is 10.0. The van der Waals surface area contributed by atoms with Gasteiger partial charge in [0.15, 0.2) is 6.23 Å². The Hall–Kier alpha value is -4.35. The number of ether oxygens (including phenoxy) is 5. The maximum Gasteiger partial charge on any atom is 0.509 e. The van der Waals surface area contributed by atoms with Gasteiger partial charge in [-0.15, -0.1) is 0 Å². The van der Waals surface area contributed by atoms with Gasteiger partial charge in [-0.2, -0.15) is 0 Å². The molecule has 1 aromatic rings. The van der Waals surface area contributed by atoms with Crippen LogP contribution >= 0.6 is 0 Å². The SMILES string of the molecule is CCOC(=O)O[C@@H]1CC[C@@H](CN(CCN(CC(=O)OC(C)(C)C)[C@H](Cc2ccc([N+](=O)[O-])cc2)C(=O)OC)CC(=O)OC(C)(C)C)N1CC(=O)O. The highest BCUT2D eigenvalue weighted by molar-refractivity contribution is 5.78. The number of hydrogen-bond acceptors (Lipinski definition) is 15. The van der Waals surface area contributed by atoms with Crippen molar-refractivity contribution in [3.05, 3.63) is 39.9 Å². The monoisotopic (exact) mass is 724 g/mol. The predicted molar refractivity (Wildman–Crippen MR) is 182 cm³/mol. The summed E-state index contributed by atoms with van der Waals surface area (Å²) in [6.07, 6.45) is -1.02. The summed E-state index contributed by atoms with van der Waals surface area (Å²) in [5, 5.41) is 20.9. The van der Waals surface area contributed by atoms with Gasteiger partial charge in [0.25, 0.3) is 5.69 Å². The zero-order chi connectivity index (χ0) is 38.5. The van der Waals surface area contributed by atoms with Crippen molar-refractivity contribution in [1.82, 2.24) is 14.7 Å².